The second kappa shape index (κ2) is 6.73. The third-order valence-electron chi connectivity index (χ3n) is 3.05. The van der Waals surface area contributed by atoms with E-state index in [1.165, 1.54) is 37.5 Å². The molecule has 0 N–H and O–H groups in total. The summed E-state index contributed by atoms with van der Waals surface area (Å²) >= 11 is 0. The van der Waals surface area contributed by atoms with Gasteiger partial charge in [0.05, 0.1) is 12.0 Å². The first-order valence-electron chi connectivity index (χ1n) is 6.50. The third kappa shape index (κ3) is 3.73. The Bertz CT molecular complexity index is 703. The van der Waals surface area contributed by atoms with Crippen LogP contribution in [0, 0.1) is 10.1 Å². The van der Waals surface area contributed by atoms with Crippen LogP contribution in [0.5, 0.6) is 0 Å². The van der Waals surface area contributed by atoms with Gasteiger partial charge in [0, 0.05) is 23.8 Å². The summed E-state index contributed by atoms with van der Waals surface area (Å²) in [5.74, 6) is -1.19. The number of methoxy groups -OCH3 is 1. The number of cyclic esters (lactones) is 1. The van der Waals surface area contributed by atoms with Crippen molar-refractivity contribution in [2.75, 3.05) is 7.11 Å². The number of nitrogens with zero attached hydrogens (tertiary/aromatic N) is 1. The summed E-state index contributed by atoms with van der Waals surface area (Å²) < 4.78 is 14.8. The Morgan fingerprint density at radius 1 is 1.35 bits per heavy atom. The molecule has 1 aliphatic heterocycles. The number of esters is 2. The molecular weight excluding hydrogens is 306 g/mol. The number of rotatable bonds is 5. The highest BCUT2D eigenvalue weighted by Gasteiger charge is 2.23. The summed E-state index contributed by atoms with van der Waals surface area (Å²) in [7, 11) is 1.20. The lowest BCUT2D eigenvalue weighted by Crippen LogP contribution is -2.11. The van der Waals surface area contributed by atoms with E-state index in [4.69, 9.17) is 9.47 Å². The van der Waals surface area contributed by atoms with Gasteiger partial charge in [0.2, 0.25) is 0 Å². The number of carbonyl (C=O) groups is 2. The van der Waals surface area contributed by atoms with Gasteiger partial charge in [0.15, 0.2) is 0 Å². The maximum Gasteiger partial charge on any atom is 0.341 e. The second-order valence-corrected chi connectivity index (χ2v) is 4.59. The van der Waals surface area contributed by atoms with E-state index in [0.717, 1.165) is 6.26 Å². The fourth-order valence-electron chi connectivity index (χ4n) is 1.81. The average molecular weight is 319 g/mol. The lowest BCUT2D eigenvalue weighted by atomic mass is 10.1. The predicted molar refractivity (Wildman–Crippen MR) is 77.8 cm³/mol. The van der Waals surface area contributed by atoms with Crippen LogP contribution >= 0.6 is 0 Å². The molecule has 0 amide bonds. The number of ether oxygens (including phenoxy) is 3. The van der Waals surface area contributed by atoms with Gasteiger partial charge in [-0.05, 0) is 24.6 Å². The predicted octanol–water partition coefficient (Wildman–Crippen LogP) is 1.95. The Hall–Kier alpha value is -3.16. The smallest absolute Gasteiger partial charge is 0.341 e. The molecule has 0 aromatic heterocycles. The van der Waals surface area contributed by atoms with E-state index in [1.807, 2.05) is 0 Å². The summed E-state index contributed by atoms with van der Waals surface area (Å²) in [5, 5.41) is 10.7. The maximum absolute atomic E-state index is 11.8. The highest BCUT2D eigenvalue weighted by Crippen LogP contribution is 2.22. The number of non-ortho nitro benzene ring substituents is 1. The molecule has 1 aromatic carbocycles. The van der Waals surface area contributed by atoms with Crippen molar-refractivity contribution in [3.05, 3.63) is 57.9 Å². The molecule has 0 fully saturated rings. The monoisotopic (exact) mass is 319 g/mol. The highest BCUT2D eigenvalue weighted by atomic mass is 16.7. The van der Waals surface area contributed by atoms with Crippen LogP contribution in [0.1, 0.15) is 12.5 Å². The summed E-state index contributed by atoms with van der Waals surface area (Å²) in [6, 6.07) is 5.30. The maximum atomic E-state index is 11.8. The summed E-state index contributed by atoms with van der Waals surface area (Å²) in [4.78, 5) is 33.2. The molecule has 1 aromatic rings. The van der Waals surface area contributed by atoms with Crippen molar-refractivity contribution in [1.82, 2.24) is 0 Å². The van der Waals surface area contributed by atoms with Gasteiger partial charge >= 0.3 is 11.9 Å². The van der Waals surface area contributed by atoms with Crippen molar-refractivity contribution < 1.29 is 28.7 Å². The van der Waals surface area contributed by atoms with Gasteiger partial charge in [-0.15, -0.1) is 0 Å². The van der Waals surface area contributed by atoms with E-state index in [2.05, 4.69) is 4.74 Å². The molecular formula is C15H13NO7. The molecule has 1 atom stereocenters. The Morgan fingerprint density at radius 2 is 2.00 bits per heavy atom. The fraction of sp³-hybridized carbons (Fsp3) is 0.200. The quantitative estimate of drug-likeness (QED) is 0.268. The zero-order chi connectivity index (χ0) is 17.0. The Labute approximate surface area is 131 Å². The van der Waals surface area contributed by atoms with E-state index >= 15 is 0 Å². The van der Waals surface area contributed by atoms with E-state index in [0.29, 0.717) is 11.1 Å². The number of hydrogen-bond acceptors (Lipinski definition) is 7. The van der Waals surface area contributed by atoms with Crippen molar-refractivity contribution in [2.45, 2.75) is 13.2 Å². The van der Waals surface area contributed by atoms with Gasteiger partial charge in [0.1, 0.15) is 11.8 Å². The van der Waals surface area contributed by atoms with Crippen LogP contribution in [0.2, 0.25) is 0 Å². The van der Waals surface area contributed by atoms with Crippen LogP contribution in [0.4, 0.5) is 5.69 Å². The van der Waals surface area contributed by atoms with Crippen LogP contribution in [0.25, 0.3) is 5.57 Å². The molecule has 8 nitrogen and oxygen atoms in total. The molecule has 0 aliphatic carbocycles. The van der Waals surface area contributed by atoms with Gasteiger partial charge in [0.25, 0.3) is 12.0 Å². The molecule has 0 spiro atoms. The van der Waals surface area contributed by atoms with Gasteiger partial charge in [-0.2, -0.15) is 0 Å². The number of benzene rings is 1. The molecule has 0 bridgehead atoms. The minimum atomic E-state index is -0.930. The normalized spacial score (nSPS) is 17.3. The second-order valence-electron chi connectivity index (χ2n) is 4.59. The molecule has 0 saturated heterocycles. The van der Waals surface area contributed by atoms with Crippen LogP contribution in [0.15, 0.2) is 42.2 Å². The fourth-order valence-corrected chi connectivity index (χ4v) is 1.81. The number of nitro benzene ring substituents is 1. The molecule has 8 heteroatoms. The number of carbonyl (C=O) groups excluding carboxylic acids is 2. The third-order valence-corrected chi connectivity index (χ3v) is 3.05. The molecule has 2 rings (SSSR count). The summed E-state index contributed by atoms with van der Waals surface area (Å²) in [5.41, 5.74) is 0.699. The molecule has 1 aliphatic rings. The molecule has 0 radical (unpaired) electrons. The lowest BCUT2D eigenvalue weighted by Gasteiger charge is -2.10. The van der Waals surface area contributed by atoms with Gasteiger partial charge in [-0.3, -0.25) is 10.1 Å². The van der Waals surface area contributed by atoms with Crippen LogP contribution in [0.3, 0.4) is 0 Å². The Kier molecular flexibility index (Phi) is 4.75. The zero-order valence-electron chi connectivity index (χ0n) is 12.3. The van der Waals surface area contributed by atoms with E-state index in [-0.39, 0.29) is 11.3 Å². The van der Waals surface area contributed by atoms with Crippen molar-refractivity contribution in [1.29, 1.82) is 0 Å². The highest BCUT2D eigenvalue weighted by molar-refractivity contribution is 6.16. The van der Waals surface area contributed by atoms with Crippen molar-refractivity contribution in [2.24, 2.45) is 0 Å². The van der Waals surface area contributed by atoms with E-state index in [9.17, 15) is 19.7 Å². The topological polar surface area (TPSA) is 105 Å². The van der Waals surface area contributed by atoms with Crippen molar-refractivity contribution >= 4 is 23.2 Å². The SMILES string of the molecule is COC(=O)/C(=C/OC1C=C(C)C(=O)O1)c1ccc([N+](=O)[O-])cc1. The van der Waals surface area contributed by atoms with Gasteiger partial charge in [-0.25, -0.2) is 9.59 Å². The van der Waals surface area contributed by atoms with Gasteiger partial charge in [-0.1, -0.05) is 0 Å². The first-order chi connectivity index (χ1) is 10.9. The van der Waals surface area contributed by atoms with Crippen molar-refractivity contribution in [3.8, 4) is 0 Å². The van der Waals surface area contributed by atoms with Crippen molar-refractivity contribution in [3.63, 3.8) is 0 Å². The number of hydrogen-bond donors (Lipinski definition) is 0. The van der Waals surface area contributed by atoms with Crippen LogP contribution in [-0.2, 0) is 23.8 Å². The summed E-state index contributed by atoms with van der Waals surface area (Å²) in [6.07, 6.45) is 1.63. The van der Waals surface area contributed by atoms with E-state index in [1.54, 1.807) is 6.92 Å². The van der Waals surface area contributed by atoms with Crippen LogP contribution < -0.4 is 0 Å². The first-order valence-corrected chi connectivity index (χ1v) is 6.50. The average Bonchev–Trinajstić information content (AvgIpc) is 2.86. The molecule has 120 valence electrons. The molecule has 0 saturated carbocycles. The minimum absolute atomic E-state index is 0.0383. The number of nitro groups is 1. The molecule has 1 unspecified atom stereocenters. The minimum Gasteiger partial charge on any atom is -0.465 e. The standard InChI is InChI=1S/C15H13NO7/c1-9-7-13(23-14(9)17)22-8-12(15(18)21-2)10-3-5-11(6-4-10)16(19)20/h3-8,13H,1-2H3/b12-8+. The van der Waals surface area contributed by atoms with E-state index < -0.39 is 23.2 Å². The zero-order valence-corrected chi connectivity index (χ0v) is 12.3. The largest absolute Gasteiger partial charge is 0.465 e. The first kappa shape index (κ1) is 16.2. The molecule has 1 heterocycles. The Morgan fingerprint density at radius 3 is 2.48 bits per heavy atom. The lowest BCUT2D eigenvalue weighted by molar-refractivity contribution is -0.384. The summed E-state index contributed by atoms with van der Waals surface area (Å²) in [6.45, 7) is 1.58. The Balaban J connectivity index is 2.23. The van der Waals surface area contributed by atoms with Gasteiger partial charge < -0.3 is 14.2 Å². The molecule has 23 heavy (non-hydrogen) atoms. The van der Waals surface area contributed by atoms with Crippen LogP contribution in [-0.4, -0.2) is 30.3 Å².